The fourth-order valence-corrected chi connectivity index (χ4v) is 4.42. The zero-order valence-electron chi connectivity index (χ0n) is 17.5. The van der Waals surface area contributed by atoms with Crippen molar-refractivity contribution in [2.24, 2.45) is 0 Å². The second kappa shape index (κ2) is 9.85. The Morgan fingerprint density at radius 2 is 1.71 bits per heavy atom. The van der Waals surface area contributed by atoms with E-state index in [9.17, 15) is 4.79 Å². The number of hydrogen-bond acceptors (Lipinski definition) is 2. The molecule has 31 heavy (non-hydrogen) atoms. The third kappa shape index (κ3) is 4.84. The molecule has 0 aliphatic heterocycles. The second-order valence-corrected chi connectivity index (χ2v) is 8.37. The zero-order valence-corrected chi connectivity index (χ0v) is 19.0. The van der Waals surface area contributed by atoms with Gasteiger partial charge in [0.15, 0.2) is 0 Å². The van der Waals surface area contributed by atoms with E-state index in [1.54, 1.807) is 0 Å². The number of halogens is 1. The number of ether oxygens (including phenoxy) is 1. The maximum Gasteiger partial charge on any atom is 0.407 e. The van der Waals surface area contributed by atoms with E-state index in [2.05, 4.69) is 70.3 Å². The summed E-state index contributed by atoms with van der Waals surface area (Å²) in [6, 6.07) is 22.8. The highest BCUT2D eigenvalue weighted by atomic mass is 79.9. The van der Waals surface area contributed by atoms with Crippen LogP contribution in [0.5, 0.6) is 0 Å². The molecule has 0 bridgehead atoms. The van der Waals surface area contributed by atoms with E-state index < -0.39 is 6.09 Å². The summed E-state index contributed by atoms with van der Waals surface area (Å²) in [6.07, 6.45) is 1.10. The number of amides is 1. The molecule has 1 amide bonds. The lowest BCUT2D eigenvalue weighted by atomic mass is 9.98. The maximum absolute atomic E-state index is 12.2. The highest BCUT2D eigenvalue weighted by molar-refractivity contribution is 9.10. The van der Waals surface area contributed by atoms with E-state index in [1.807, 2.05) is 36.4 Å². The SMILES string of the molecule is CCc1cc(Br)ccc1C#CCCNC(=O)OCC1c2ccccc2-c2ccccc21. The Hall–Kier alpha value is -3.03. The number of carbonyl (C=O) groups is 1. The Morgan fingerprint density at radius 1 is 1.03 bits per heavy atom. The zero-order chi connectivity index (χ0) is 21.6. The third-order valence-electron chi connectivity index (χ3n) is 5.53. The molecular formula is C27H24BrNO2. The second-order valence-electron chi connectivity index (χ2n) is 7.46. The molecule has 1 aliphatic carbocycles. The molecule has 0 aromatic heterocycles. The fraction of sp³-hybridized carbons (Fsp3) is 0.222. The summed E-state index contributed by atoms with van der Waals surface area (Å²) in [5.41, 5.74) is 7.12. The van der Waals surface area contributed by atoms with Gasteiger partial charge in [0.25, 0.3) is 0 Å². The van der Waals surface area contributed by atoms with E-state index in [1.165, 1.54) is 27.8 Å². The van der Waals surface area contributed by atoms with E-state index >= 15 is 0 Å². The van der Waals surface area contributed by atoms with Crippen molar-refractivity contribution >= 4 is 22.0 Å². The molecule has 0 heterocycles. The topological polar surface area (TPSA) is 38.3 Å². The minimum atomic E-state index is -0.401. The van der Waals surface area contributed by atoms with Gasteiger partial charge in [0.05, 0.1) is 0 Å². The molecule has 4 rings (SSSR count). The van der Waals surface area contributed by atoms with Crippen LogP contribution in [-0.2, 0) is 11.2 Å². The number of rotatable bonds is 5. The predicted octanol–water partition coefficient (Wildman–Crippen LogP) is 6.29. The molecule has 0 unspecified atom stereocenters. The third-order valence-corrected chi connectivity index (χ3v) is 6.03. The van der Waals surface area contributed by atoms with Crippen molar-refractivity contribution in [2.75, 3.05) is 13.2 Å². The van der Waals surface area contributed by atoms with Crippen LogP contribution in [-0.4, -0.2) is 19.2 Å². The minimum Gasteiger partial charge on any atom is -0.449 e. The smallest absolute Gasteiger partial charge is 0.407 e. The number of carbonyl (C=O) groups excluding carboxylic acids is 1. The standard InChI is InChI=1S/C27H24BrNO2/c1-2-19-17-21(28)15-14-20(19)9-7-8-16-29-27(30)31-18-26-24-12-5-3-10-22(24)23-11-4-6-13-25(23)26/h3-6,10-15,17,26H,2,8,16,18H2,1H3,(H,29,30). The summed E-state index contributed by atoms with van der Waals surface area (Å²) >= 11 is 3.49. The van der Waals surface area contributed by atoms with Crippen LogP contribution in [0.2, 0.25) is 0 Å². The highest BCUT2D eigenvalue weighted by Crippen LogP contribution is 2.44. The average Bonchev–Trinajstić information content (AvgIpc) is 3.12. The molecule has 0 saturated heterocycles. The van der Waals surface area contributed by atoms with Crippen LogP contribution in [0.4, 0.5) is 4.79 Å². The highest BCUT2D eigenvalue weighted by Gasteiger charge is 2.28. The lowest BCUT2D eigenvalue weighted by molar-refractivity contribution is 0.143. The summed E-state index contributed by atoms with van der Waals surface area (Å²) in [6.45, 7) is 2.90. The van der Waals surface area contributed by atoms with E-state index in [0.29, 0.717) is 19.6 Å². The normalized spacial score (nSPS) is 11.8. The minimum absolute atomic E-state index is 0.0720. The molecule has 0 atom stereocenters. The number of nitrogens with one attached hydrogen (secondary N) is 1. The van der Waals surface area contributed by atoms with E-state index in [4.69, 9.17) is 4.74 Å². The van der Waals surface area contributed by atoms with Crippen LogP contribution in [0.25, 0.3) is 11.1 Å². The predicted molar refractivity (Wildman–Crippen MR) is 128 cm³/mol. The van der Waals surface area contributed by atoms with Gasteiger partial charge >= 0.3 is 6.09 Å². The van der Waals surface area contributed by atoms with Gasteiger partial charge in [-0.15, -0.1) is 0 Å². The molecule has 0 radical (unpaired) electrons. The molecule has 0 saturated carbocycles. The Balaban J connectivity index is 1.29. The molecule has 156 valence electrons. The monoisotopic (exact) mass is 473 g/mol. The average molecular weight is 474 g/mol. The van der Waals surface area contributed by atoms with Gasteiger partial charge in [0.2, 0.25) is 0 Å². The molecule has 1 N–H and O–H groups in total. The van der Waals surface area contributed by atoms with E-state index in [-0.39, 0.29) is 5.92 Å². The van der Waals surface area contributed by atoms with Crippen molar-refractivity contribution in [3.05, 3.63) is 93.5 Å². The molecule has 3 aromatic rings. The van der Waals surface area contributed by atoms with E-state index in [0.717, 1.165) is 16.5 Å². The first-order chi connectivity index (χ1) is 15.2. The summed E-state index contributed by atoms with van der Waals surface area (Å²) < 4.78 is 6.61. The van der Waals surface area contributed by atoms with Crippen molar-refractivity contribution < 1.29 is 9.53 Å². The number of fused-ring (bicyclic) bond motifs is 3. The Bertz CT molecular complexity index is 1110. The summed E-state index contributed by atoms with van der Waals surface area (Å²) in [5, 5.41) is 2.81. The maximum atomic E-state index is 12.2. The molecule has 3 aromatic carbocycles. The van der Waals surface area contributed by atoms with Gasteiger partial charge in [-0.2, -0.15) is 0 Å². The van der Waals surface area contributed by atoms with Crippen LogP contribution in [0, 0.1) is 11.8 Å². The first kappa shape index (κ1) is 21.2. The quantitative estimate of drug-likeness (QED) is 0.349. The largest absolute Gasteiger partial charge is 0.449 e. The number of alkyl carbamates (subject to hydrolysis) is 1. The van der Waals surface area contributed by atoms with Gasteiger partial charge in [-0.05, 0) is 52.4 Å². The molecule has 1 aliphatic rings. The lowest BCUT2D eigenvalue weighted by Crippen LogP contribution is -2.26. The number of benzene rings is 3. The van der Waals surface area contributed by atoms with Gasteiger partial charge in [0, 0.05) is 28.9 Å². The molecular weight excluding hydrogens is 450 g/mol. The van der Waals surface area contributed by atoms with Crippen LogP contribution in [0.3, 0.4) is 0 Å². The van der Waals surface area contributed by atoms with Crippen molar-refractivity contribution in [1.82, 2.24) is 5.32 Å². The van der Waals surface area contributed by atoms with Crippen molar-refractivity contribution in [3.63, 3.8) is 0 Å². The Labute approximate surface area is 192 Å². The fourth-order valence-electron chi connectivity index (χ4n) is 4.01. The van der Waals surface area contributed by atoms with Gasteiger partial charge in [-0.25, -0.2) is 4.79 Å². The van der Waals surface area contributed by atoms with Crippen molar-refractivity contribution in [1.29, 1.82) is 0 Å². The van der Waals surface area contributed by atoms with Gasteiger partial charge in [-0.1, -0.05) is 83.2 Å². The summed E-state index contributed by atoms with van der Waals surface area (Å²) in [4.78, 5) is 12.2. The molecule has 4 heteroatoms. The molecule has 0 fully saturated rings. The van der Waals surface area contributed by atoms with Crippen molar-refractivity contribution in [2.45, 2.75) is 25.7 Å². The van der Waals surface area contributed by atoms with Crippen LogP contribution in [0.15, 0.2) is 71.2 Å². The van der Waals surface area contributed by atoms with Gasteiger partial charge in [0.1, 0.15) is 6.61 Å². The Kier molecular flexibility index (Phi) is 6.74. The van der Waals surface area contributed by atoms with Crippen molar-refractivity contribution in [3.8, 4) is 23.0 Å². The molecule has 3 nitrogen and oxygen atoms in total. The lowest BCUT2D eigenvalue weighted by Gasteiger charge is -2.14. The molecule has 0 spiro atoms. The van der Waals surface area contributed by atoms with Gasteiger partial charge in [-0.3, -0.25) is 0 Å². The Morgan fingerprint density at radius 3 is 2.39 bits per heavy atom. The number of hydrogen-bond donors (Lipinski definition) is 1. The van der Waals surface area contributed by atoms with Crippen LogP contribution >= 0.6 is 15.9 Å². The van der Waals surface area contributed by atoms with Crippen LogP contribution < -0.4 is 5.32 Å². The first-order valence-electron chi connectivity index (χ1n) is 10.5. The summed E-state index contributed by atoms with van der Waals surface area (Å²) in [5.74, 6) is 6.41. The van der Waals surface area contributed by atoms with Gasteiger partial charge < -0.3 is 10.1 Å². The first-order valence-corrected chi connectivity index (χ1v) is 11.3. The van der Waals surface area contributed by atoms with Crippen LogP contribution in [0.1, 0.15) is 41.5 Å². The number of aryl methyl sites for hydroxylation is 1. The summed E-state index contributed by atoms with van der Waals surface area (Å²) in [7, 11) is 0.